The molecule has 0 aliphatic rings. The van der Waals surface area contributed by atoms with Gasteiger partial charge >= 0.3 is 5.97 Å². The number of hydrogen-bond donors (Lipinski definition) is 3. The Bertz CT molecular complexity index is 324. The van der Waals surface area contributed by atoms with Gasteiger partial charge in [0.25, 0.3) is 0 Å². The lowest BCUT2D eigenvalue weighted by atomic mass is 10.2. The van der Waals surface area contributed by atoms with Gasteiger partial charge in [0.2, 0.25) is 0 Å². The van der Waals surface area contributed by atoms with Gasteiger partial charge in [-0.2, -0.15) is 0 Å². The fourth-order valence-electron chi connectivity index (χ4n) is 1.24. The van der Waals surface area contributed by atoms with Crippen LogP contribution in [0.2, 0.25) is 0 Å². The molecule has 0 bridgehead atoms. The van der Waals surface area contributed by atoms with Crippen molar-refractivity contribution in [2.45, 2.75) is 25.9 Å². The Labute approximate surface area is 92.6 Å². The smallest absolute Gasteiger partial charge is 0.346 e. The van der Waals surface area contributed by atoms with Gasteiger partial charge in [0, 0.05) is 19.2 Å². The van der Waals surface area contributed by atoms with Gasteiger partial charge < -0.3 is 15.5 Å². The minimum Gasteiger partial charge on any atom is -0.477 e. The van der Waals surface area contributed by atoms with Gasteiger partial charge in [0.15, 0.2) is 0 Å². The van der Waals surface area contributed by atoms with Crippen LogP contribution in [0.3, 0.4) is 0 Å². The van der Waals surface area contributed by atoms with E-state index in [-0.39, 0.29) is 12.6 Å². The third kappa shape index (κ3) is 3.62. The van der Waals surface area contributed by atoms with Crippen molar-refractivity contribution in [1.29, 1.82) is 0 Å². The number of aromatic carboxylic acids is 1. The second kappa shape index (κ2) is 5.85. The first-order valence-electron chi connectivity index (χ1n) is 4.79. The Balaban J connectivity index is 2.50. The predicted octanol–water partition coefficient (Wildman–Crippen LogP) is 1.31. The van der Waals surface area contributed by atoms with Crippen molar-refractivity contribution in [2.24, 2.45) is 0 Å². The van der Waals surface area contributed by atoms with Crippen molar-refractivity contribution in [2.75, 3.05) is 6.61 Å². The van der Waals surface area contributed by atoms with E-state index < -0.39 is 5.97 Å². The van der Waals surface area contributed by atoms with Crippen LogP contribution in [0.4, 0.5) is 0 Å². The average molecular weight is 229 g/mol. The number of aliphatic hydroxyl groups is 1. The van der Waals surface area contributed by atoms with Gasteiger partial charge in [-0.1, -0.05) is 0 Å². The molecule has 1 heterocycles. The molecule has 0 saturated heterocycles. The summed E-state index contributed by atoms with van der Waals surface area (Å²) in [6, 6.07) is 2.00. The van der Waals surface area contributed by atoms with Gasteiger partial charge in [0.05, 0.1) is 0 Å². The van der Waals surface area contributed by atoms with Crippen molar-refractivity contribution < 1.29 is 15.0 Å². The van der Waals surface area contributed by atoms with E-state index in [0.29, 0.717) is 17.8 Å². The first-order chi connectivity index (χ1) is 7.15. The third-order valence-corrected chi connectivity index (χ3v) is 3.09. The van der Waals surface area contributed by atoms with Gasteiger partial charge in [-0.05, 0) is 30.4 Å². The Morgan fingerprint density at radius 2 is 2.40 bits per heavy atom. The van der Waals surface area contributed by atoms with E-state index in [1.165, 1.54) is 11.3 Å². The first-order valence-corrected chi connectivity index (χ1v) is 5.67. The maximum absolute atomic E-state index is 10.8. The second-order valence-corrected chi connectivity index (χ2v) is 4.29. The van der Waals surface area contributed by atoms with Crippen LogP contribution in [0.15, 0.2) is 11.4 Å². The van der Waals surface area contributed by atoms with Crippen molar-refractivity contribution in [3.8, 4) is 0 Å². The molecule has 3 N–H and O–H groups in total. The van der Waals surface area contributed by atoms with Crippen LogP contribution in [-0.4, -0.2) is 28.8 Å². The highest BCUT2D eigenvalue weighted by atomic mass is 32.1. The summed E-state index contributed by atoms with van der Waals surface area (Å²) in [5, 5.41) is 22.5. The van der Waals surface area contributed by atoms with E-state index in [1.807, 2.05) is 13.0 Å². The van der Waals surface area contributed by atoms with Crippen molar-refractivity contribution in [3.05, 3.63) is 21.9 Å². The summed E-state index contributed by atoms with van der Waals surface area (Å²) >= 11 is 1.23. The number of carboxylic acid groups (broad SMARTS) is 1. The molecule has 1 aromatic heterocycles. The van der Waals surface area contributed by atoms with Crippen LogP contribution in [0, 0.1) is 0 Å². The summed E-state index contributed by atoms with van der Waals surface area (Å²) in [5.41, 5.74) is 0.803. The second-order valence-electron chi connectivity index (χ2n) is 3.37. The zero-order chi connectivity index (χ0) is 11.3. The van der Waals surface area contributed by atoms with Crippen LogP contribution in [0.1, 0.15) is 28.6 Å². The molecule has 1 rings (SSSR count). The molecule has 0 spiro atoms. The van der Waals surface area contributed by atoms with Crippen LogP contribution < -0.4 is 5.32 Å². The van der Waals surface area contributed by atoms with E-state index in [2.05, 4.69) is 5.32 Å². The fourth-order valence-corrected chi connectivity index (χ4v) is 2.00. The minimum atomic E-state index is -0.878. The predicted molar refractivity (Wildman–Crippen MR) is 59.3 cm³/mol. The Kier molecular flexibility index (Phi) is 4.74. The van der Waals surface area contributed by atoms with Crippen molar-refractivity contribution in [3.63, 3.8) is 0 Å². The number of rotatable bonds is 6. The number of aliphatic hydroxyl groups excluding tert-OH is 1. The number of carbonyl (C=O) groups is 1. The molecule has 0 aliphatic heterocycles. The van der Waals surface area contributed by atoms with Gasteiger partial charge in [-0.25, -0.2) is 4.79 Å². The van der Waals surface area contributed by atoms with Crippen LogP contribution >= 0.6 is 11.3 Å². The highest BCUT2D eigenvalue weighted by Crippen LogP contribution is 2.16. The monoisotopic (exact) mass is 229 g/mol. The van der Waals surface area contributed by atoms with Gasteiger partial charge in [0.1, 0.15) is 4.88 Å². The molecule has 5 heteroatoms. The van der Waals surface area contributed by atoms with E-state index in [9.17, 15) is 4.79 Å². The molecule has 1 atom stereocenters. The molecule has 15 heavy (non-hydrogen) atoms. The molecule has 84 valence electrons. The normalized spacial score (nSPS) is 12.7. The number of thiophene rings is 1. The summed E-state index contributed by atoms with van der Waals surface area (Å²) in [6.45, 7) is 2.64. The van der Waals surface area contributed by atoms with Crippen LogP contribution in [0.25, 0.3) is 0 Å². The highest BCUT2D eigenvalue weighted by molar-refractivity contribution is 7.12. The standard InChI is InChI=1S/C10H15NO3S/c1-7(2-4-12)11-6-8-3-5-15-9(8)10(13)14/h3,5,7,11-12H,2,4,6H2,1H3,(H,13,14). The number of carboxylic acids is 1. The van der Waals surface area contributed by atoms with Crippen LogP contribution in [0.5, 0.6) is 0 Å². The molecular formula is C10H15NO3S. The molecular weight excluding hydrogens is 214 g/mol. The maximum Gasteiger partial charge on any atom is 0.346 e. The van der Waals surface area contributed by atoms with E-state index >= 15 is 0 Å². The largest absolute Gasteiger partial charge is 0.477 e. The lowest BCUT2D eigenvalue weighted by Crippen LogP contribution is -2.26. The van der Waals surface area contributed by atoms with Crippen LogP contribution in [-0.2, 0) is 6.54 Å². The first kappa shape index (κ1) is 12.2. The van der Waals surface area contributed by atoms with E-state index in [4.69, 9.17) is 10.2 Å². The van der Waals surface area contributed by atoms with E-state index in [0.717, 1.165) is 5.56 Å². The summed E-state index contributed by atoms with van der Waals surface area (Å²) in [5.74, 6) is -0.878. The molecule has 0 radical (unpaired) electrons. The number of nitrogens with one attached hydrogen (secondary N) is 1. The minimum absolute atomic E-state index is 0.142. The average Bonchev–Trinajstić information content (AvgIpc) is 2.63. The molecule has 0 aliphatic carbocycles. The highest BCUT2D eigenvalue weighted by Gasteiger charge is 2.11. The van der Waals surface area contributed by atoms with Crippen molar-refractivity contribution >= 4 is 17.3 Å². The molecule has 4 nitrogen and oxygen atoms in total. The Hall–Kier alpha value is -0.910. The third-order valence-electron chi connectivity index (χ3n) is 2.14. The quantitative estimate of drug-likeness (QED) is 0.688. The van der Waals surface area contributed by atoms with E-state index in [1.54, 1.807) is 5.38 Å². The topological polar surface area (TPSA) is 69.6 Å². The Morgan fingerprint density at radius 1 is 1.67 bits per heavy atom. The van der Waals surface area contributed by atoms with Crippen molar-refractivity contribution in [1.82, 2.24) is 5.32 Å². The van der Waals surface area contributed by atoms with Gasteiger partial charge in [-0.3, -0.25) is 0 Å². The lowest BCUT2D eigenvalue weighted by Gasteiger charge is -2.11. The summed E-state index contributed by atoms with van der Waals surface area (Å²) in [6.07, 6.45) is 0.673. The maximum atomic E-state index is 10.8. The molecule has 0 fully saturated rings. The summed E-state index contributed by atoms with van der Waals surface area (Å²) < 4.78 is 0. The molecule has 0 amide bonds. The van der Waals surface area contributed by atoms with Gasteiger partial charge in [-0.15, -0.1) is 11.3 Å². The molecule has 0 saturated carbocycles. The zero-order valence-electron chi connectivity index (χ0n) is 8.56. The molecule has 1 aromatic rings. The summed E-state index contributed by atoms with van der Waals surface area (Å²) in [4.78, 5) is 11.2. The molecule has 0 aromatic carbocycles. The fraction of sp³-hybridized carbons (Fsp3) is 0.500. The Morgan fingerprint density at radius 3 is 3.00 bits per heavy atom. The zero-order valence-corrected chi connectivity index (χ0v) is 9.38. The summed E-state index contributed by atoms with van der Waals surface area (Å²) in [7, 11) is 0. The number of hydrogen-bond acceptors (Lipinski definition) is 4. The SMILES string of the molecule is CC(CCO)NCc1ccsc1C(=O)O. The lowest BCUT2D eigenvalue weighted by molar-refractivity contribution is 0.0701. The molecule has 1 unspecified atom stereocenters.